The zero-order valence-corrected chi connectivity index (χ0v) is 14.9. The lowest BCUT2D eigenvalue weighted by atomic mass is 9.90. The highest BCUT2D eigenvalue weighted by molar-refractivity contribution is 7.14. The summed E-state index contributed by atoms with van der Waals surface area (Å²) in [7, 11) is 0. The van der Waals surface area contributed by atoms with Crippen molar-refractivity contribution in [1.29, 1.82) is 0 Å². The number of nitrogens with two attached hydrogens (primary N) is 1. The maximum atomic E-state index is 12.9. The van der Waals surface area contributed by atoms with Gasteiger partial charge in [-0.05, 0) is 42.4 Å². The number of nitrogens with zero attached hydrogens (tertiary/aromatic N) is 1. The summed E-state index contributed by atoms with van der Waals surface area (Å²) in [6.07, 6.45) is 3.48. The lowest BCUT2D eigenvalue weighted by Gasteiger charge is -2.16. The van der Waals surface area contributed by atoms with Crippen molar-refractivity contribution in [3.63, 3.8) is 0 Å². The number of thiophene rings is 1. The van der Waals surface area contributed by atoms with Gasteiger partial charge < -0.3 is 10.6 Å². The first-order valence-corrected chi connectivity index (χ1v) is 9.65. The molecule has 2 heterocycles. The normalized spacial score (nSPS) is 26.4. The van der Waals surface area contributed by atoms with Gasteiger partial charge in [0.2, 0.25) is 0 Å². The molecule has 1 aromatic carbocycles. The maximum absolute atomic E-state index is 12.9. The van der Waals surface area contributed by atoms with E-state index >= 15 is 0 Å². The molecule has 0 bridgehead atoms. The number of benzene rings is 1. The second kappa shape index (κ2) is 6.34. The third-order valence-corrected chi connectivity index (χ3v) is 6.65. The molecule has 0 radical (unpaired) electrons. The molecule has 1 saturated heterocycles. The molecule has 1 amide bonds. The van der Waals surface area contributed by atoms with E-state index in [0.717, 1.165) is 30.2 Å². The average molecular weight is 340 g/mol. The van der Waals surface area contributed by atoms with E-state index in [4.69, 9.17) is 5.73 Å². The molecule has 3 nitrogen and oxygen atoms in total. The van der Waals surface area contributed by atoms with Crippen molar-refractivity contribution in [3.8, 4) is 0 Å². The molecule has 4 rings (SSSR count). The van der Waals surface area contributed by atoms with Gasteiger partial charge in [-0.1, -0.05) is 37.3 Å². The predicted molar refractivity (Wildman–Crippen MR) is 98.6 cm³/mol. The van der Waals surface area contributed by atoms with Crippen LogP contribution in [0.3, 0.4) is 0 Å². The van der Waals surface area contributed by atoms with E-state index in [1.165, 1.54) is 22.4 Å². The van der Waals surface area contributed by atoms with Gasteiger partial charge in [-0.2, -0.15) is 0 Å². The predicted octanol–water partition coefficient (Wildman–Crippen LogP) is 3.44. The zero-order chi connectivity index (χ0) is 16.7. The molecule has 1 aliphatic carbocycles. The van der Waals surface area contributed by atoms with E-state index in [-0.39, 0.29) is 17.9 Å². The van der Waals surface area contributed by atoms with Gasteiger partial charge in [0, 0.05) is 29.9 Å². The van der Waals surface area contributed by atoms with Gasteiger partial charge in [-0.25, -0.2) is 0 Å². The number of hydrogen-bond donors (Lipinski definition) is 1. The number of fused-ring (bicyclic) bond motifs is 1. The highest BCUT2D eigenvalue weighted by atomic mass is 32.1. The van der Waals surface area contributed by atoms with Gasteiger partial charge in [0.25, 0.3) is 5.91 Å². The molecule has 126 valence electrons. The fraction of sp³-hybridized carbons (Fsp3) is 0.450. The van der Waals surface area contributed by atoms with Gasteiger partial charge in [-0.3, -0.25) is 4.79 Å². The maximum Gasteiger partial charge on any atom is 0.264 e. The topological polar surface area (TPSA) is 46.3 Å². The third kappa shape index (κ3) is 2.89. The fourth-order valence-corrected chi connectivity index (χ4v) is 5.19. The summed E-state index contributed by atoms with van der Waals surface area (Å²) in [5.74, 6) is 1.14. The van der Waals surface area contributed by atoms with Gasteiger partial charge in [0.05, 0.1) is 4.88 Å². The van der Waals surface area contributed by atoms with E-state index in [1.807, 2.05) is 23.1 Å². The van der Waals surface area contributed by atoms with Crippen LogP contribution in [0, 0.1) is 5.92 Å². The van der Waals surface area contributed by atoms with Crippen LogP contribution in [-0.2, 0) is 12.8 Å². The molecular formula is C20H24N2OS. The van der Waals surface area contributed by atoms with E-state index < -0.39 is 0 Å². The van der Waals surface area contributed by atoms with E-state index in [9.17, 15) is 4.79 Å². The minimum absolute atomic E-state index is 0.0194. The molecule has 3 atom stereocenters. The second-order valence-electron chi connectivity index (χ2n) is 7.30. The molecule has 2 N–H and O–H groups in total. The van der Waals surface area contributed by atoms with Gasteiger partial charge >= 0.3 is 0 Å². The Morgan fingerprint density at radius 1 is 1.25 bits per heavy atom. The number of rotatable bonds is 2. The standard InChI is InChI=1S/C20H24N2OS/c1-13-7-8-18-15(9-13)10-19(24-18)20(23)22-11-16(17(21)12-22)14-5-3-2-4-6-14/h2-6,10,13,16-17H,7-9,11-12,21H2,1H3/t13?,16-,17+/m0/s1. The number of hydrogen-bond acceptors (Lipinski definition) is 3. The van der Waals surface area contributed by atoms with Crippen LogP contribution in [0.25, 0.3) is 0 Å². The van der Waals surface area contributed by atoms with Crippen molar-refractivity contribution in [2.45, 2.75) is 38.1 Å². The Hall–Kier alpha value is -1.65. The van der Waals surface area contributed by atoms with Crippen molar-refractivity contribution in [2.24, 2.45) is 11.7 Å². The Morgan fingerprint density at radius 2 is 2.04 bits per heavy atom. The summed E-state index contributed by atoms with van der Waals surface area (Å²) < 4.78 is 0. The monoisotopic (exact) mass is 340 g/mol. The summed E-state index contributed by atoms with van der Waals surface area (Å²) >= 11 is 1.70. The molecule has 1 aliphatic heterocycles. The molecule has 4 heteroatoms. The van der Waals surface area contributed by atoms with Crippen LogP contribution in [0.1, 0.15) is 44.9 Å². The SMILES string of the molecule is CC1CCc2sc(C(=O)N3C[C@@H](N)[C@H](c4ccccc4)C3)cc2C1. The largest absolute Gasteiger partial charge is 0.336 e. The fourth-order valence-electron chi connectivity index (χ4n) is 4.01. The molecule has 1 aromatic heterocycles. The van der Waals surface area contributed by atoms with Gasteiger partial charge in [0.1, 0.15) is 0 Å². The first-order chi connectivity index (χ1) is 11.6. The lowest BCUT2D eigenvalue weighted by Crippen LogP contribution is -2.31. The Kier molecular flexibility index (Phi) is 4.19. The van der Waals surface area contributed by atoms with Crippen LogP contribution >= 0.6 is 11.3 Å². The van der Waals surface area contributed by atoms with Gasteiger partial charge in [0.15, 0.2) is 0 Å². The van der Waals surface area contributed by atoms with Crippen LogP contribution in [0.2, 0.25) is 0 Å². The minimum Gasteiger partial charge on any atom is -0.336 e. The summed E-state index contributed by atoms with van der Waals surface area (Å²) in [4.78, 5) is 17.2. The van der Waals surface area contributed by atoms with Crippen molar-refractivity contribution in [3.05, 3.63) is 57.3 Å². The number of carbonyl (C=O) groups is 1. The quantitative estimate of drug-likeness (QED) is 0.910. The number of amides is 1. The number of carbonyl (C=O) groups excluding carboxylic acids is 1. The molecule has 1 unspecified atom stereocenters. The Morgan fingerprint density at radius 3 is 2.83 bits per heavy atom. The first-order valence-electron chi connectivity index (χ1n) is 8.83. The molecule has 0 spiro atoms. The first kappa shape index (κ1) is 15.9. The molecular weight excluding hydrogens is 316 g/mol. The zero-order valence-electron chi connectivity index (χ0n) is 14.1. The van der Waals surface area contributed by atoms with Crippen molar-refractivity contribution >= 4 is 17.2 Å². The summed E-state index contributed by atoms with van der Waals surface area (Å²) in [6.45, 7) is 3.67. The Balaban J connectivity index is 1.52. The third-order valence-electron chi connectivity index (χ3n) is 5.42. The average Bonchev–Trinajstić information content (AvgIpc) is 3.18. The number of aryl methyl sites for hydroxylation is 1. The number of likely N-dealkylation sites (tertiary alicyclic amines) is 1. The summed E-state index contributed by atoms with van der Waals surface area (Å²) in [5.41, 5.74) is 8.97. The van der Waals surface area contributed by atoms with Crippen LogP contribution in [-0.4, -0.2) is 29.9 Å². The van der Waals surface area contributed by atoms with Crippen molar-refractivity contribution in [2.75, 3.05) is 13.1 Å². The lowest BCUT2D eigenvalue weighted by molar-refractivity contribution is 0.0794. The van der Waals surface area contributed by atoms with E-state index in [0.29, 0.717) is 6.54 Å². The highest BCUT2D eigenvalue weighted by Crippen LogP contribution is 2.34. The molecule has 24 heavy (non-hydrogen) atoms. The Bertz CT molecular complexity index is 739. The molecule has 2 aromatic rings. The summed E-state index contributed by atoms with van der Waals surface area (Å²) in [5, 5.41) is 0. The Labute approximate surface area is 147 Å². The van der Waals surface area contributed by atoms with Crippen molar-refractivity contribution < 1.29 is 4.79 Å². The van der Waals surface area contributed by atoms with E-state index in [1.54, 1.807) is 11.3 Å². The van der Waals surface area contributed by atoms with Crippen LogP contribution in [0.5, 0.6) is 0 Å². The second-order valence-corrected chi connectivity index (χ2v) is 8.43. The molecule has 1 fully saturated rings. The van der Waals surface area contributed by atoms with E-state index in [2.05, 4.69) is 25.1 Å². The van der Waals surface area contributed by atoms with Crippen LogP contribution in [0.4, 0.5) is 0 Å². The van der Waals surface area contributed by atoms with Crippen LogP contribution in [0.15, 0.2) is 36.4 Å². The smallest absolute Gasteiger partial charge is 0.264 e. The van der Waals surface area contributed by atoms with Crippen molar-refractivity contribution in [1.82, 2.24) is 4.90 Å². The van der Waals surface area contributed by atoms with Gasteiger partial charge in [-0.15, -0.1) is 11.3 Å². The summed E-state index contributed by atoms with van der Waals surface area (Å²) in [6, 6.07) is 12.5. The molecule has 0 saturated carbocycles. The minimum atomic E-state index is 0.0194. The highest BCUT2D eigenvalue weighted by Gasteiger charge is 2.35. The molecule has 2 aliphatic rings. The van der Waals surface area contributed by atoms with Crippen LogP contribution < -0.4 is 5.73 Å².